The van der Waals surface area contributed by atoms with Gasteiger partial charge in [0.2, 0.25) is 0 Å². The molecule has 11 heteroatoms. The van der Waals surface area contributed by atoms with E-state index in [0.717, 1.165) is 0 Å². The van der Waals surface area contributed by atoms with Crippen molar-refractivity contribution in [1.29, 1.82) is 0 Å². The third kappa shape index (κ3) is 5.72. The van der Waals surface area contributed by atoms with Crippen molar-refractivity contribution in [1.82, 2.24) is 0 Å². The molecule has 0 aliphatic heterocycles. The number of fused-ring (bicyclic) bond motifs is 1. The first-order chi connectivity index (χ1) is 17.6. The zero-order chi connectivity index (χ0) is 26.7. The number of amides is 1. The lowest BCUT2D eigenvalue weighted by Gasteiger charge is -2.12. The number of phenols is 1. The second-order valence-electron chi connectivity index (χ2n) is 8.00. The Balaban J connectivity index is 1.78. The summed E-state index contributed by atoms with van der Waals surface area (Å²) in [5, 5.41) is 23.0. The molecule has 0 spiro atoms. The van der Waals surface area contributed by atoms with Gasteiger partial charge in [-0.3, -0.25) is 9.35 Å². The number of carbonyl (C=O) groups excluding carboxylic acids is 1. The Morgan fingerprint density at radius 1 is 1.05 bits per heavy atom. The van der Waals surface area contributed by atoms with Gasteiger partial charge in [0.05, 0.1) is 12.2 Å². The normalized spacial score (nSPS) is 11.7. The summed E-state index contributed by atoms with van der Waals surface area (Å²) in [6.07, 6.45) is 0. The first-order valence-electron chi connectivity index (χ1n) is 11.1. The fourth-order valence-electron chi connectivity index (χ4n) is 3.62. The van der Waals surface area contributed by atoms with Crippen LogP contribution in [0.3, 0.4) is 0 Å². The van der Waals surface area contributed by atoms with Gasteiger partial charge in [0.1, 0.15) is 22.0 Å². The van der Waals surface area contributed by atoms with E-state index in [2.05, 4.69) is 15.5 Å². The minimum absolute atomic E-state index is 0.0621. The smallest absolute Gasteiger partial charge is 0.296 e. The zero-order valence-corrected chi connectivity index (χ0v) is 21.3. The maximum absolute atomic E-state index is 13.1. The molecule has 9 nitrogen and oxygen atoms in total. The summed E-state index contributed by atoms with van der Waals surface area (Å²) < 4.78 is 38.8. The number of phenolic OH excluding ortho intramolecular Hbond substituents is 1. The third-order valence-corrected chi connectivity index (χ3v) is 6.73. The number of anilines is 1. The molecule has 190 valence electrons. The molecule has 0 heterocycles. The molecule has 0 aliphatic carbocycles. The van der Waals surface area contributed by atoms with Crippen LogP contribution in [0.25, 0.3) is 10.8 Å². The van der Waals surface area contributed by atoms with E-state index in [9.17, 15) is 22.9 Å². The molecule has 0 saturated carbocycles. The van der Waals surface area contributed by atoms with Crippen molar-refractivity contribution in [3.63, 3.8) is 0 Å². The van der Waals surface area contributed by atoms with Crippen LogP contribution >= 0.6 is 11.6 Å². The number of rotatable bonds is 7. The van der Waals surface area contributed by atoms with Gasteiger partial charge in [0.15, 0.2) is 5.75 Å². The summed E-state index contributed by atoms with van der Waals surface area (Å²) in [7, 11) is -4.64. The molecule has 4 aromatic carbocycles. The Labute approximate surface area is 218 Å². The van der Waals surface area contributed by atoms with Crippen LogP contribution in [0.15, 0.2) is 81.9 Å². The topological polar surface area (TPSA) is 138 Å². The molecule has 0 aromatic heterocycles. The molecule has 3 N–H and O–H groups in total. The predicted octanol–water partition coefficient (Wildman–Crippen LogP) is 6.82. The van der Waals surface area contributed by atoms with Crippen molar-refractivity contribution in [2.24, 2.45) is 10.2 Å². The monoisotopic (exact) mass is 539 g/mol. The molecule has 0 fully saturated rings. The molecule has 0 unspecified atom stereocenters. The molecule has 0 saturated heterocycles. The second kappa shape index (κ2) is 10.6. The molecule has 1 amide bonds. The summed E-state index contributed by atoms with van der Waals surface area (Å²) >= 11 is 6.13. The predicted molar refractivity (Wildman–Crippen MR) is 141 cm³/mol. The quantitative estimate of drug-likeness (QED) is 0.174. The molecule has 0 aliphatic rings. The summed E-state index contributed by atoms with van der Waals surface area (Å²) in [5.41, 5.74) is 0.531. The number of ether oxygens (including phenoxy) is 1. The number of aromatic hydroxyl groups is 1. The van der Waals surface area contributed by atoms with Gasteiger partial charge in [-0.15, -0.1) is 10.2 Å². The third-order valence-electron chi connectivity index (χ3n) is 5.44. The minimum atomic E-state index is -4.64. The van der Waals surface area contributed by atoms with Crippen LogP contribution in [0.5, 0.6) is 11.5 Å². The molecule has 0 radical (unpaired) electrons. The zero-order valence-electron chi connectivity index (χ0n) is 19.8. The number of nitrogens with zero attached hydrogens (tertiary/aromatic N) is 2. The number of carbonyl (C=O) groups is 1. The Morgan fingerprint density at radius 2 is 1.76 bits per heavy atom. The van der Waals surface area contributed by atoms with E-state index < -0.39 is 26.7 Å². The van der Waals surface area contributed by atoms with Crippen molar-refractivity contribution in [3.8, 4) is 11.5 Å². The highest BCUT2D eigenvalue weighted by Gasteiger charge is 2.21. The maximum Gasteiger partial charge on any atom is 0.296 e. The minimum Gasteiger partial charge on any atom is -0.505 e. The number of halogens is 1. The fraction of sp³-hybridized carbons (Fsp3) is 0.115. The SMILES string of the molecule is CCOc1ccc(NC(=O)c2cc3ccccc3c(N=Nc3cc(Cl)c(C)cc3S(=O)(=O)O)c2O)cc1. The van der Waals surface area contributed by atoms with E-state index in [0.29, 0.717) is 34.4 Å². The van der Waals surface area contributed by atoms with Gasteiger partial charge in [-0.25, -0.2) is 0 Å². The lowest BCUT2D eigenvalue weighted by molar-refractivity contribution is 0.102. The van der Waals surface area contributed by atoms with Gasteiger partial charge in [-0.2, -0.15) is 8.42 Å². The molecule has 4 aromatic rings. The highest BCUT2D eigenvalue weighted by molar-refractivity contribution is 7.86. The number of hydrogen-bond acceptors (Lipinski definition) is 7. The van der Waals surface area contributed by atoms with Gasteiger partial charge >= 0.3 is 0 Å². The van der Waals surface area contributed by atoms with E-state index in [1.165, 1.54) is 18.2 Å². The number of nitrogens with one attached hydrogen (secondary N) is 1. The van der Waals surface area contributed by atoms with E-state index in [1.807, 2.05) is 6.92 Å². The van der Waals surface area contributed by atoms with Crippen LogP contribution in [-0.4, -0.2) is 30.6 Å². The average Bonchev–Trinajstić information content (AvgIpc) is 2.85. The van der Waals surface area contributed by atoms with Crippen molar-refractivity contribution in [2.75, 3.05) is 11.9 Å². The van der Waals surface area contributed by atoms with E-state index >= 15 is 0 Å². The Morgan fingerprint density at radius 3 is 2.43 bits per heavy atom. The Bertz CT molecular complexity index is 1640. The molecule has 4 rings (SSSR count). The molecule has 0 atom stereocenters. The van der Waals surface area contributed by atoms with E-state index in [4.69, 9.17) is 16.3 Å². The number of benzene rings is 4. The molecule has 37 heavy (non-hydrogen) atoms. The van der Waals surface area contributed by atoms with Crippen molar-refractivity contribution >= 4 is 55.5 Å². The van der Waals surface area contributed by atoms with Crippen LogP contribution < -0.4 is 10.1 Å². The van der Waals surface area contributed by atoms with Crippen LogP contribution in [0.4, 0.5) is 17.1 Å². The summed E-state index contributed by atoms with van der Waals surface area (Å²) in [6.45, 7) is 3.95. The highest BCUT2D eigenvalue weighted by Crippen LogP contribution is 2.40. The second-order valence-corrected chi connectivity index (χ2v) is 9.80. The van der Waals surface area contributed by atoms with E-state index in [1.54, 1.807) is 55.5 Å². The Kier molecular flexibility index (Phi) is 7.44. The van der Waals surface area contributed by atoms with Gasteiger partial charge < -0.3 is 15.2 Å². The van der Waals surface area contributed by atoms with Gasteiger partial charge in [-0.05, 0) is 67.3 Å². The lowest BCUT2D eigenvalue weighted by atomic mass is 10.0. The first kappa shape index (κ1) is 26.1. The van der Waals surface area contributed by atoms with Crippen LogP contribution in [0.2, 0.25) is 5.02 Å². The number of azo groups is 1. The fourth-order valence-corrected chi connectivity index (χ4v) is 4.47. The standard InChI is InChI=1S/C26H22ClN3O6S/c1-3-36-18-10-8-17(9-11-18)28-26(32)20-13-16-6-4-5-7-19(16)24(25(20)31)30-29-22-14-21(27)15(2)12-23(22)37(33,34)35/h4-14,31H,3H2,1-2H3,(H,28,32)(H,33,34,35). The first-order valence-corrected chi connectivity index (χ1v) is 12.9. The largest absolute Gasteiger partial charge is 0.505 e. The van der Waals surface area contributed by atoms with Gasteiger partial charge in [0.25, 0.3) is 16.0 Å². The van der Waals surface area contributed by atoms with Crippen molar-refractivity contribution < 1.29 is 27.6 Å². The van der Waals surface area contributed by atoms with Crippen LogP contribution in [-0.2, 0) is 10.1 Å². The summed E-state index contributed by atoms with van der Waals surface area (Å²) in [6, 6.07) is 17.5. The summed E-state index contributed by atoms with van der Waals surface area (Å²) in [4.78, 5) is 12.6. The molecular weight excluding hydrogens is 518 g/mol. The Hall–Kier alpha value is -3.99. The maximum atomic E-state index is 13.1. The number of aryl methyl sites for hydroxylation is 1. The average molecular weight is 540 g/mol. The highest BCUT2D eigenvalue weighted by atomic mass is 35.5. The summed E-state index contributed by atoms with van der Waals surface area (Å²) in [5.74, 6) is -0.407. The number of hydrogen-bond donors (Lipinski definition) is 3. The van der Waals surface area contributed by atoms with Gasteiger partial charge in [0, 0.05) is 16.1 Å². The van der Waals surface area contributed by atoms with Gasteiger partial charge in [-0.1, -0.05) is 35.9 Å². The molecule has 0 bridgehead atoms. The van der Waals surface area contributed by atoms with Crippen LogP contribution in [0, 0.1) is 6.92 Å². The molecular formula is C26H22ClN3O6S. The lowest BCUT2D eigenvalue weighted by Crippen LogP contribution is -2.12. The van der Waals surface area contributed by atoms with Crippen LogP contribution in [0.1, 0.15) is 22.8 Å². The van der Waals surface area contributed by atoms with Crippen molar-refractivity contribution in [2.45, 2.75) is 18.7 Å². The van der Waals surface area contributed by atoms with Crippen molar-refractivity contribution in [3.05, 3.63) is 82.9 Å². The van der Waals surface area contributed by atoms with E-state index in [-0.39, 0.29) is 22.0 Å².